The fourth-order valence-corrected chi connectivity index (χ4v) is 7.07. The Kier molecular flexibility index (Phi) is 51.0. The molecule has 0 bridgehead atoms. The van der Waals surface area contributed by atoms with Gasteiger partial charge in [-0.25, -0.2) is 0 Å². The highest BCUT2D eigenvalue weighted by molar-refractivity contribution is 5.71. The second-order valence-corrected chi connectivity index (χ2v) is 17.5. The monoisotopic (exact) mass is 927 g/mol. The van der Waals surface area contributed by atoms with Crippen molar-refractivity contribution in [1.82, 2.24) is 0 Å². The maximum absolute atomic E-state index is 12.8. The zero-order valence-corrected chi connectivity index (χ0v) is 43.1. The van der Waals surface area contributed by atoms with Crippen LogP contribution in [0.1, 0.15) is 226 Å². The van der Waals surface area contributed by atoms with Crippen LogP contribution in [0, 0.1) is 0 Å². The Hall–Kier alpha value is -4.19. The topological polar surface area (TPSA) is 78.9 Å². The lowest BCUT2D eigenvalue weighted by molar-refractivity contribution is -0.166. The number of carbonyl (C=O) groups excluding carboxylic acids is 3. The minimum absolute atomic E-state index is 0.112. The van der Waals surface area contributed by atoms with Gasteiger partial charge in [0.25, 0.3) is 0 Å². The Labute approximate surface area is 412 Å². The molecule has 0 saturated carbocycles. The highest BCUT2D eigenvalue weighted by atomic mass is 16.6. The third kappa shape index (κ3) is 52.6. The van der Waals surface area contributed by atoms with Crippen molar-refractivity contribution >= 4 is 17.9 Å². The van der Waals surface area contributed by atoms with Crippen LogP contribution in [0.4, 0.5) is 0 Å². The van der Waals surface area contributed by atoms with E-state index in [1.807, 2.05) is 36.5 Å². The van der Waals surface area contributed by atoms with Gasteiger partial charge in [0.15, 0.2) is 6.10 Å². The molecule has 0 aliphatic rings. The number of esters is 3. The van der Waals surface area contributed by atoms with Crippen LogP contribution >= 0.6 is 0 Å². The lowest BCUT2D eigenvalue weighted by atomic mass is 10.0. The fourth-order valence-electron chi connectivity index (χ4n) is 7.07. The molecule has 0 aromatic carbocycles. The summed E-state index contributed by atoms with van der Waals surface area (Å²) in [5, 5.41) is 0. The summed E-state index contributed by atoms with van der Waals surface area (Å²) >= 11 is 0. The van der Waals surface area contributed by atoms with Crippen LogP contribution in [-0.2, 0) is 28.6 Å². The van der Waals surface area contributed by atoms with Gasteiger partial charge < -0.3 is 14.2 Å². The summed E-state index contributed by atoms with van der Waals surface area (Å²) in [7, 11) is 0. The number of carbonyl (C=O) groups is 3. The van der Waals surface area contributed by atoms with Crippen LogP contribution in [0.5, 0.6) is 0 Å². The molecule has 0 spiro atoms. The number of unbranched alkanes of at least 4 members (excludes halogenated alkanes) is 19. The van der Waals surface area contributed by atoms with E-state index in [1.54, 1.807) is 0 Å². The fraction of sp³-hybridized carbons (Fsp3) is 0.623. The van der Waals surface area contributed by atoms with Crippen molar-refractivity contribution < 1.29 is 28.6 Å². The number of hydrogen-bond donors (Lipinski definition) is 0. The van der Waals surface area contributed by atoms with Crippen LogP contribution in [0.25, 0.3) is 0 Å². The average molecular weight is 927 g/mol. The van der Waals surface area contributed by atoms with Gasteiger partial charge in [0.2, 0.25) is 0 Å². The van der Waals surface area contributed by atoms with Crippen LogP contribution in [0.3, 0.4) is 0 Å². The van der Waals surface area contributed by atoms with Gasteiger partial charge in [0, 0.05) is 19.3 Å². The largest absolute Gasteiger partial charge is 0.462 e. The van der Waals surface area contributed by atoms with Crippen molar-refractivity contribution in [3.8, 4) is 0 Å². The predicted octanol–water partition coefficient (Wildman–Crippen LogP) is 18.1. The second kappa shape index (κ2) is 54.4. The molecule has 0 rings (SSSR count). The molecule has 0 aliphatic carbocycles. The van der Waals surface area contributed by atoms with Gasteiger partial charge in [-0.15, -0.1) is 0 Å². The molecule has 0 N–H and O–H groups in total. The van der Waals surface area contributed by atoms with E-state index >= 15 is 0 Å². The zero-order valence-electron chi connectivity index (χ0n) is 43.1. The summed E-state index contributed by atoms with van der Waals surface area (Å²) in [6, 6.07) is 0. The first-order valence-corrected chi connectivity index (χ1v) is 27.1. The number of ether oxygens (including phenoxy) is 3. The highest BCUT2D eigenvalue weighted by Gasteiger charge is 2.19. The molecule has 0 fully saturated rings. The molecule has 378 valence electrons. The summed E-state index contributed by atoms with van der Waals surface area (Å²) < 4.78 is 16.7. The van der Waals surface area contributed by atoms with Gasteiger partial charge >= 0.3 is 17.9 Å². The van der Waals surface area contributed by atoms with E-state index in [0.29, 0.717) is 12.8 Å². The van der Waals surface area contributed by atoms with E-state index in [-0.39, 0.29) is 44.0 Å². The minimum atomic E-state index is -0.823. The Bertz CT molecular complexity index is 1440. The van der Waals surface area contributed by atoms with Crippen LogP contribution < -0.4 is 0 Å². The molecule has 6 heteroatoms. The molecule has 0 aromatic rings. The van der Waals surface area contributed by atoms with Crippen molar-refractivity contribution in [2.75, 3.05) is 13.2 Å². The molecular weight excluding hydrogens is 829 g/mol. The number of allylic oxidation sites excluding steroid dienone is 20. The summed E-state index contributed by atoms with van der Waals surface area (Å²) in [4.78, 5) is 38.0. The van der Waals surface area contributed by atoms with Crippen molar-refractivity contribution in [3.05, 3.63) is 122 Å². The Morgan fingerprint density at radius 2 is 0.687 bits per heavy atom. The van der Waals surface area contributed by atoms with Crippen molar-refractivity contribution in [1.29, 1.82) is 0 Å². The molecule has 1 atom stereocenters. The molecule has 67 heavy (non-hydrogen) atoms. The van der Waals surface area contributed by atoms with Gasteiger partial charge in [-0.3, -0.25) is 14.4 Å². The molecule has 0 aliphatic heterocycles. The first kappa shape index (κ1) is 62.8. The molecule has 0 heterocycles. The molecule has 0 saturated heterocycles. The van der Waals surface area contributed by atoms with Crippen LogP contribution in [-0.4, -0.2) is 37.2 Å². The normalized spacial score (nSPS) is 13.1. The van der Waals surface area contributed by atoms with Gasteiger partial charge in [-0.2, -0.15) is 0 Å². The molecule has 0 aromatic heterocycles. The van der Waals surface area contributed by atoms with E-state index in [4.69, 9.17) is 14.2 Å². The first-order valence-electron chi connectivity index (χ1n) is 27.1. The van der Waals surface area contributed by atoms with Crippen molar-refractivity contribution in [2.24, 2.45) is 0 Å². The van der Waals surface area contributed by atoms with Gasteiger partial charge in [-0.1, -0.05) is 251 Å². The molecule has 0 radical (unpaired) electrons. The van der Waals surface area contributed by atoms with E-state index in [1.165, 1.54) is 77.0 Å². The van der Waals surface area contributed by atoms with E-state index in [2.05, 4.69) is 106 Å². The quantitative estimate of drug-likeness (QED) is 0.0199. The van der Waals surface area contributed by atoms with Crippen molar-refractivity contribution in [3.63, 3.8) is 0 Å². The summed E-state index contributed by atoms with van der Waals surface area (Å²) in [6.45, 7) is 6.30. The summed E-state index contributed by atoms with van der Waals surface area (Å²) in [6.07, 6.45) is 74.8. The Morgan fingerprint density at radius 3 is 1.15 bits per heavy atom. The van der Waals surface area contributed by atoms with E-state index in [0.717, 1.165) is 103 Å². The zero-order chi connectivity index (χ0) is 48.6. The van der Waals surface area contributed by atoms with Gasteiger partial charge in [0.1, 0.15) is 13.2 Å². The minimum Gasteiger partial charge on any atom is -0.462 e. The van der Waals surface area contributed by atoms with Crippen molar-refractivity contribution in [2.45, 2.75) is 232 Å². The lowest BCUT2D eigenvalue weighted by Gasteiger charge is -2.18. The van der Waals surface area contributed by atoms with Gasteiger partial charge in [0.05, 0.1) is 0 Å². The highest BCUT2D eigenvalue weighted by Crippen LogP contribution is 2.15. The van der Waals surface area contributed by atoms with E-state index in [9.17, 15) is 14.4 Å². The van der Waals surface area contributed by atoms with Crippen LogP contribution in [0.2, 0.25) is 0 Å². The average Bonchev–Trinajstić information content (AvgIpc) is 3.33. The standard InChI is InChI=1S/C61H98O6/c1-4-7-10-13-16-19-22-25-28-29-30-31-34-36-39-42-45-48-51-54-60(63)66-57-58(67-61(64)55-52-49-46-43-40-37-33-27-24-21-18-15-12-9-6-3)56-65-59(62)53-50-47-44-41-38-35-32-26-23-20-17-14-11-8-5-2/h7,9-10,12,15-16,18-19,21,24-25,27-28,30-31,33,36,39,45,48,58H,4-6,8,11,13-14,17,20,22-23,26,29,32,34-35,37-38,40-44,46-47,49-57H2,1-3H3/b10-7-,12-9-,18-15-,19-16-,24-21-,28-25-,31-30-,33-27-,39-36-,48-45-. The maximum Gasteiger partial charge on any atom is 0.306 e. The summed E-state index contributed by atoms with van der Waals surface area (Å²) in [5.74, 6) is -1.03. The maximum atomic E-state index is 12.8. The smallest absolute Gasteiger partial charge is 0.306 e. The van der Waals surface area contributed by atoms with Crippen LogP contribution in [0.15, 0.2) is 122 Å². The van der Waals surface area contributed by atoms with E-state index < -0.39 is 6.10 Å². The SMILES string of the molecule is CC\C=C/C=C\C=C/C=C\CCCCCCCC(=O)OC(COC(=O)CC/C=C\C/C=C\C/C=C\C/C=C\C/C=C\C/C=C\CC)COC(=O)CCCCCCCCCCCCCCCCC. The number of hydrogen-bond acceptors (Lipinski definition) is 6. The molecule has 0 amide bonds. The van der Waals surface area contributed by atoms with Gasteiger partial charge in [-0.05, 0) is 77.0 Å². The molecule has 1 unspecified atom stereocenters. The molecular formula is C61H98O6. The lowest BCUT2D eigenvalue weighted by Crippen LogP contribution is -2.30. The Morgan fingerprint density at radius 1 is 0.328 bits per heavy atom. The first-order chi connectivity index (χ1) is 33.0. The third-order valence-corrected chi connectivity index (χ3v) is 11.1. The summed E-state index contributed by atoms with van der Waals surface area (Å²) in [5.41, 5.74) is 0. The molecule has 6 nitrogen and oxygen atoms in total. The number of rotatable bonds is 47. The Balaban J connectivity index is 4.55. The third-order valence-electron chi connectivity index (χ3n) is 11.1. The predicted molar refractivity (Wildman–Crippen MR) is 288 cm³/mol. The second-order valence-electron chi connectivity index (χ2n) is 17.5.